The third-order valence-electron chi connectivity index (χ3n) is 1.66. The monoisotopic (exact) mass is 222 g/mol. The van der Waals surface area contributed by atoms with Gasteiger partial charge in [0, 0.05) is 19.6 Å². The van der Waals surface area contributed by atoms with Gasteiger partial charge in [0.2, 0.25) is 10.0 Å². The molecule has 0 aromatic carbocycles. The molecule has 0 atom stereocenters. The van der Waals surface area contributed by atoms with Crippen LogP contribution in [0.1, 0.15) is 27.7 Å². The number of sulfonamides is 1. The number of hydrogen-bond donors (Lipinski definition) is 2. The van der Waals surface area contributed by atoms with Gasteiger partial charge < -0.3 is 5.32 Å². The molecule has 86 valence electrons. The van der Waals surface area contributed by atoms with Crippen LogP contribution in [0.15, 0.2) is 0 Å². The van der Waals surface area contributed by atoms with Gasteiger partial charge in [-0.25, -0.2) is 13.1 Å². The molecular weight excluding hydrogens is 200 g/mol. The van der Waals surface area contributed by atoms with Crippen molar-refractivity contribution in [3.05, 3.63) is 0 Å². The lowest BCUT2D eigenvalue weighted by molar-refractivity contribution is 0.382. The summed E-state index contributed by atoms with van der Waals surface area (Å²) in [6, 6.07) is 0. The van der Waals surface area contributed by atoms with Crippen molar-refractivity contribution in [2.24, 2.45) is 5.41 Å². The highest BCUT2D eigenvalue weighted by atomic mass is 32.2. The van der Waals surface area contributed by atoms with Crippen LogP contribution in [-0.2, 0) is 10.0 Å². The van der Waals surface area contributed by atoms with Crippen LogP contribution >= 0.6 is 0 Å². The molecule has 0 aliphatic rings. The van der Waals surface area contributed by atoms with Gasteiger partial charge in [-0.05, 0) is 12.3 Å². The molecule has 14 heavy (non-hydrogen) atoms. The molecule has 0 saturated carbocycles. The zero-order valence-corrected chi connectivity index (χ0v) is 10.4. The SMILES string of the molecule is CCS(=O)(=O)NCCNCC(C)(C)C. The summed E-state index contributed by atoms with van der Waals surface area (Å²) in [6.07, 6.45) is 0. The Kier molecular flexibility index (Phi) is 5.63. The zero-order valence-electron chi connectivity index (χ0n) is 9.55. The summed E-state index contributed by atoms with van der Waals surface area (Å²) >= 11 is 0. The molecule has 0 unspecified atom stereocenters. The fraction of sp³-hybridized carbons (Fsp3) is 1.00. The third-order valence-corrected chi connectivity index (χ3v) is 3.06. The van der Waals surface area contributed by atoms with Crippen molar-refractivity contribution in [2.45, 2.75) is 27.7 Å². The van der Waals surface area contributed by atoms with Crippen molar-refractivity contribution in [3.8, 4) is 0 Å². The number of rotatable bonds is 6. The van der Waals surface area contributed by atoms with Gasteiger partial charge in [-0.2, -0.15) is 0 Å². The van der Waals surface area contributed by atoms with Crippen LogP contribution < -0.4 is 10.0 Å². The van der Waals surface area contributed by atoms with Gasteiger partial charge in [0.1, 0.15) is 0 Å². The number of hydrogen-bond acceptors (Lipinski definition) is 3. The topological polar surface area (TPSA) is 58.2 Å². The molecule has 0 amide bonds. The lowest BCUT2D eigenvalue weighted by Gasteiger charge is -2.18. The van der Waals surface area contributed by atoms with Crippen molar-refractivity contribution in [3.63, 3.8) is 0 Å². The molecule has 0 aromatic rings. The Morgan fingerprint density at radius 3 is 2.14 bits per heavy atom. The maximum absolute atomic E-state index is 11.0. The molecule has 0 aromatic heterocycles. The lowest BCUT2D eigenvalue weighted by atomic mass is 9.97. The van der Waals surface area contributed by atoms with Crippen LogP contribution in [0, 0.1) is 5.41 Å². The highest BCUT2D eigenvalue weighted by molar-refractivity contribution is 7.89. The average molecular weight is 222 g/mol. The Balaban J connectivity index is 3.49. The van der Waals surface area contributed by atoms with E-state index in [0.29, 0.717) is 13.1 Å². The summed E-state index contributed by atoms with van der Waals surface area (Å²) in [5, 5.41) is 3.20. The Hall–Kier alpha value is -0.130. The Morgan fingerprint density at radius 2 is 1.71 bits per heavy atom. The molecule has 4 nitrogen and oxygen atoms in total. The summed E-state index contributed by atoms with van der Waals surface area (Å²) in [5.41, 5.74) is 0.240. The quantitative estimate of drug-likeness (QED) is 0.646. The Labute approximate surface area is 87.5 Å². The highest BCUT2D eigenvalue weighted by Crippen LogP contribution is 2.09. The van der Waals surface area contributed by atoms with Crippen LogP contribution in [0.5, 0.6) is 0 Å². The predicted octanol–water partition coefficient (Wildman–Crippen LogP) is 0.561. The molecule has 0 bridgehead atoms. The van der Waals surface area contributed by atoms with E-state index in [4.69, 9.17) is 0 Å². The van der Waals surface area contributed by atoms with Crippen LogP contribution in [0.4, 0.5) is 0 Å². The molecule has 0 heterocycles. The summed E-state index contributed by atoms with van der Waals surface area (Å²) in [4.78, 5) is 0. The Morgan fingerprint density at radius 1 is 1.14 bits per heavy atom. The second-order valence-corrected chi connectivity index (χ2v) is 6.63. The first-order valence-corrected chi connectivity index (χ1v) is 6.60. The van der Waals surface area contributed by atoms with E-state index in [1.807, 2.05) is 0 Å². The summed E-state index contributed by atoms with van der Waals surface area (Å²) in [7, 11) is -3.03. The molecule has 5 heteroatoms. The van der Waals surface area contributed by atoms with E-state index in [2.05, 4.69) is 30.8 Å². The first-order chi connectivity index (χ1) is 6.27. The first-order valence-electron chi connectivity index (χ1n) is 4.95. The largest absolute Gasteiger partial charge is 0.315 e. The molecule has 0 aliphatic heterocycles. The van der Waals surface area contributed by atoms with Crippen molar-refractivity contribution >= 4 is 10.0 Å². The second kappa shape index (κ2) is 5.68. The van der Waals surface area contributed by atoms with Gasteiger partial charge in [-0.15, -0.1) is 0 Å². The van der Waals surface area contributed by atoms with Gasteiger partial charge in [0.05, 0.1) is 5.75 Å². The first kappa shape index (κ1) is 13.9. The fourth-order valence-electron chi connectivity index (χ4n) is 0.860. The van der Waals surface area contributed by atoms with Crippen molar-refractivity contribution < 1.29 is 8.42 Å². The van der Waals surface area contributed by atoms with E-state index in [0.717, 1.165) is 6.54 Å². The van der Waals surface area contributed by atoms with Gasteiger partial charge in [-0.3, -0.25) is 0 Å². The van der Waals surface area contributed by atoms with Crippen molar-refractivity contribution in [1.29, 1.82) is 0 Å². The smallest absolute Gasteiger partial charge is 0.211 e. The number of nitrogens with one attached hydrogen (secondary N) is 2. The van der Waals surface area contributed by atoms with Crippen LogP contribution in [0.2, 0.25) is 0 Å². The lowest BCUT2D eigenvalue weighted by Crippen LogP contribution is -2.35. The summed E-state index contributed by atoms with van der Waals surface area (Å²) in [6.45, 7) is 10.1. The predicted molar refractivity (Wildman–Crippen MR) is 59.8 cm³/mol. The molecule has 0 radical (unpaired) electrons. The minimum atomic E-state index is -3.03. The maximum Gasteiger partial charge on any atom is 0.211 e. The molecular formula is C9H22N2O2S. The minimum Gasteiger partial charge on any atom is -0.315 e. The minimum absolute atomic E-state index is 0.145. The van der Waals surface area contributed by atoms with Crippen LogP contribution in [0.3, 0.4) is 0 Å². The maximum atomic E-state index is 11.0. The average Bonchev–Trinajstić information content (AvgIpc) is 2.01. The van der Waals surface area contributed by atoms with E-state index in [-0.39, 0.29) is 11.2 Å². The third kappa shape index (κ3) is 8.47. The fourth-order valence-corrected chi connectivity index (χ4v) is 1.48. The van der Waals surface area contributed by atoms with Gasteiger partial charge >= 0.3 is 0 Å². The van der Waals surface area contributed by atoms with Gasteiger partial charge in [-0.1, -0.05) is 20.8 Å². The molecule has 0 fully saturated rings. The summed E-state index contributed by atoms with van der Waals surface area (Å²) in [5.74, 6) is 0.145. The van der Waals surface area contributed by atoms with Crippen molar-refractivity contribution in [1.82, 2.24) is 10.0 Å². The van der Waals surface area contributed by atoms with E-state index in [1.54, 1.807) is 6.92 Å². The van der Waals surface area contributed by atoms with E-state index < -0.39 is 10.0 Å². The molecule has 0 saturated heterocycles. The van der Waals surface area contributed by atoms with E-state index in [1.165, 1.54) is 0 Å². The highest BCUT2D eigenvalue weighted by Gasteiger charge is 2.09. The van der Waals surface area contributed by atoms with Crippen LogP contribution in [0.25, 0.3) is 0 Å². The Bertz CT molecular complexity index is 242. The van der Waals surface area contributed by atoms with Crippen molar-refractivity contribution in [2.75, 3.05) is 25.4 Å². The van der Waals surface area contributed by atoms with Gasteiger partial charge in [0.15, 0.2) is 0 Å². The summed E-state index contributed by atoms with van der Waals surface area (Å²) < 4.78 is 24.5. The standard InChI is InChI=1S/C9H22N2O2S/c1-5-14(12,13)11-7-6-10-8-9(2,3)4/h10-11H,5-8H2,1-4H3. The molecule has 0 aliphatic carbocycles. The molecule has 2 N–H and O–H groups in total. The van der Waals surface area contributed by atoms with E-state index >= 15 is 0 Å². The zero-order chi connectivity index (χ0) is 11.2. The normalized spacial score (nSPS) is 13.1. The molecule has 0 spiro atoms. The second-order valence-electron chi connectivity index (χ2n) is 4.54. The van der Waals surface area contributed by atoms with Gasteiger partial charge in [0.25, 0.3) is 0 Å². The van der Waals surface area contributed by atoms with E-state index in [9.17, 15) is 8.42 Å². The van der Waals surface area contributed by atoms with Crippen LogP contribution in [-0.4, -0.2) is 33.8 Å². The molecule has 0 rings (SSSR count).